The first kappa shape index (κ1) is 16.9. The number of hydrogen-bond acceptors (Lipinski definition) is 4. The number of benzene rings is 2. The van der Waals surface area contributed by atoms with Gasteiger partial charge in [0.25, 0.3) is 0 Å². The van der Waals surface area contributed by atoms with E-state index in [0.717, 1.165) is 47.4 Å². The van der Waals surface area contributed by atoms with Gasteiger partial charge in [0.2, 0.25) is 5.95 Å². The van der Waals surface area contributed by atoms with Crippen LogP contribution in [0.1, 0.15) is 23.2 Å². The van der Waals surface area contributed by atoms with Gasteiger partial charge in [-0.1, -0.05) is 41.9 Å². The molecule has 0 unspecified atom stereocenters. The number of hydrogen-bond donors (Lipinski definition) is 1. The van der Waals surface area contributed by atoms with Crippen LogP contribution < -0.4 is 10.2 Å². The van der Waals surface area contributed by atoms with E-state index in [0.29, 0.717) is 6.54 Å². The molecule has 26 heavy (non-hydrogen) atoms. The van der Waals surface area contributed by atoms with E-state index in [9.17, 15) is 0 Å². The van der Waals surface area contributed by atoms with Crippen molar-refractivity contribution in [1.29, 1.82) is 0 Å². The summed E-state index contributed by atoms with van der Waals surface area (Å²) in [5, 5.41) is 4.15. The lowest BCUT2D eigenvalue weighted by atomic mass is 10.0. The fraction of sp³-hybridized carbons (Fsp3) is 0.238. The first-order valence-electron chi connectivity index (χ1n) is 8.88. The third-order valence-electron chi connectivity index (χ3n) is 4.58. The van der Waals surface area contributed by atoms with Gasteiger partial charge in [-0.25, -0.2) is 4.98 Å². The standard InChI is InChI=1S/C21H21ClN4/c1-15-13-20(23-14-16-8-10-18(22)11-9-16)25-21(24-15)26-12-4-6-17-5-2-3-7-19(17)26/h2-3,5,7-11,13H,4,6,12,14H2,1H3,(H,23,24,25). The summed E-state index contributed by atoms with van der Waals surface area (Å²) in [6.45, 7) is 3.65. The summed E-state index contributed by atoms with van der Waals surface area (Å²) in [6.07, 6.45) is 2.22. The molecule has 1 aliphatic heterocycles. The number of rotatable bonds is 4. The van der Waals surface area contributed by atoms with Gasteiger partial charge >= 0.3 is 0 Å². The van der Waals surface area contributed by atoms with Gasteiger partial charge in [0.05, 0.1) is 0 Å². The quantitative estimate of drug-likeness (QED) is 0.696. The van der Waals surface area contributed by atoms with Crippen LogP contribution in [0.3, 0.4) is 0 Å². The van der Waals surface area contributed by atoms with Gasteiger partial charge in [0.1, 0.15) is 5.82 Å². The van der Waals surface area contributed by atoms with Crippen LogP contribution in [-0.2, 0) is 13.0 Å². The second-order valence-electron chi connectivity index (χ2n) is 6.56. The van der Waals surface area contributed by atoms with E-state index in [1.807, 2.05) is 37.3 Å². The zero-order valence-electron chi connectivity index (χ0n) is 14.7. The molecule has 3 aromatic rings. The molecule has 1 aromatic heterocycles. The molecule has 1 N–H and O–H groups in total. The van der Waals surface area contributed by atoms with Crippen molar-refractivity contribution in [3.05, 3.63) is 76.4 Å². The average Bonchev–Trinajstić information content (AvgIpc) is 2.67. The van der Waals surface area contributed by atoms with Gasteiger partial charge in [0, 0.05) is 35.6 Å². The number of halogens is 1. The maximum Gasteiger partial charge on any atom is 0.232 e. The maximum atomic E-state index is 5.95. The van der Waals surface area contributed by atoms with Crippen molar-refractivity contribution in [1.82, 2.24) is 9.97 Å². The van der Waals surface area contributed by atoms with E-state index in [1.165, 1.54) is 11.3 Å². The van der Waals surface area contributed by atoms with Crippen LogP contribution >= 0.6 is 11.6 Å². The normalized spacial score (nSPS) is 13.4. The summed E-state index contributed by atoms with van der Waals surface area (Å²) in [7, 11) is 0. The zero-order valence-corrected chi connectivity index (χ0v) is 15.5. The Bertz CT molecular complexity index is 908. The highest BCUT2D eigenvalue weighted by atomic mass is 35.5. The fourth-order valence-electron chi connectivity index (χ4n) is 3.30. The molecule has 4 rings (SSSR count). The van der Waals surface area contributed by atoms with E-state index >= 15 is 0 Å². The van der Waals surface area contributed by atoms with E-state index < -0.39 is 0 Å². The fourth-order valence-corrected chi connectivity index (χ4v) is 3.43. The van der Waals surface area contributed by atoms with Crippen molar-refractivity contribution in [3.8, 4) is 0 Å². The number of nitrogens with one attached hydrogen (secondary N) is 1. The second kappa shape index (κ2) is 7.34. The number of anilines is 3. The molecule has 0 radical (unpaired) electrons. The molecule has 2 heterocycles. The van der Waals surface area contributed by atoms with Gasteiger partial charge in [-0.3, -0.25) is 0 Å². The average molecular weight is 365 g/mol. The van der Waals surface area contributed by atoms with Crippen LogP contribution in [0.2, 0.25) is 5.02 Å². The van der Waals surface area contributed by atoms with Gasteiger partial charge in [-0.15, -0.1) is 0 Å². The van der Waals surface area contributed by atoms with Crippen LogP contribution in [0.5, 0.6) is 0 Å². The summed E-state index contributed by atoms with van der Waals surface area (Å²) >= 11 is 5.95. The Morgan fingerprint density at radius 2 is 1.88 bits per heavy atom. The minimum absolute atomic E-state index is 0.698. The molecule has 1 aliphatic rings. The Balaban J connectivity index is 1.58. The monoisotopic (exact) mass is 364 g/mol. The molecule has 132 valence electrons. The predicted octanol–water partition coefficient (Wildman–Crippen LogP) is 5.13. The molecule has 0 spiro atoms. The summed E-state index contributed by atoms with van der Waals surface area (Å²) in [5.41, 5.74) is 4.69. The minimum atomic E-state index is 0.698. The van der Waals surface area contributed by atoms with Crippen LogP contribution in [-0.4, -0.2) is 16.5 Å². The molecule has 0 aliphatic carbocycles. The largest absolute Gasteiger partial charge is 0.366 e. The molecule has 0 saturated carbocycles. The van der Waals surface area contributed by atoms with Crippen molar-refractivity contribution in [2.45, 2.75) is 26.3 Å². The molecule has 2 aromatic carbocycles. The van der Waals surface area contributed by atoms with Gasteiger partial charge < -0.3 is 10.2 Å². The van der Waals surface area contributed by atoms with Crippen molar-refractivity contribution >= 4 is 29.1 Å². The van der Waals surface area contributed by atoms with Crippen LogP contribution in [0, 0.1) is 6.92 Å². The van der Waals surface area contributed by atoms with E-state index in [2.05, 4.69) is 39.5 Å². The predicted molar refractivity (Wildman–Crippen MR) is 107 cm³/mol. The summed E-state index contributed by atoms with van der Waals surface area (Å²) in [6, 6.07) is 18.3. The molecule has 4 nitrogen and oxygen atoms in total. The smallest absolute Gasteiger partial charge is 0.232 e. The molecule has 0 saturated heterocycles. The Kier molecular flexibility index (Phi) is 4.76. The Morgan fingerprint density at radius 1 is 1.08 bits per heavy atom. The molecule has 0 amide bonds. The highest BCUT2D eigenvalue weighted by Crippen LogP contribution is 2.32. The third kappa shape index (κ3) is 3.65. The highest BCUT2D eigenvalue weighted by Gasteiger charge is 2.20. The molecule has 5 heteroatoms. The Labute approximate surface area is 158 Å². The zero-order chi connectivity index (χ0) is 17.9. The Hall–Kier alpha value is -2.59. The maximum absolute atomic E-state index is 5.95. The number of para-hydroxylation sites is 1. The molecular weight excluding hydrogens is 344 g/mol. The van der Waals surface area contributed by atoms with E-state index in [1.54, 1.807) is 0 Å². The van der Waals surface area contributed by atoms with Crippen molar-refractivity contribution in [3.63, 3.8) is 0 Å². The summed E-state index contributed by atoms with van der Waals surface area (Å²) < 4.78 is 0. The van der Waals surface area contributed by atoms with Gasteiger partial charge in [0.15, 0.2) is 0 Å². The van der Waals surface area contributed by atoms with Crippen LogP contribution in [0.25, 0.3) is 0 Å². The highest BCUT2D eigenvalue weighted by molar-refractivity contribution is 6.30. The van der Waals surface area contributed by atoms with Gasteiger partial charge in [-0.2, -0.15) is 4.98 Å². The first-order valence-corrected chi connectivity index (χ1v) is 9.26. The lowest BCUT2D eigenvalue weighted by Crippen LogP contribution is -2.26. The van der Waals surface area contributed by atoms with Crippen LogP contribution in [0.4, 0.5) is 17.5 Å². The summed E-state index contributed by atoms with van der Waals surface area (Å²) in [5.74, 6) is 1.60. The second-order valence-corrected chi connectivity index (χ2v) is 6.99. The van der Waals surface area contributed by atoms with Crippen molar-refractivity contribution in [2.24, 2.45) is 0 Å². The number of aromatic nitrogens is 2. The first-order chi connectivity index (χ1) is 12.7. The lowest BCUT2D eigenvalue weighted by Gasteiger charge is -2.29. The van der Waals surface area contributed by atoms with Crippen molar-refractivity contribution in [2.75, 3.05) is 16.8 Å². The molecule has 0 atom stereocenters. The minimum Gasteiger partial charge on any atom is -0.366 e. The summed E-state index contributed by atoms with van der Waals surface area (Å²) in [4.78, 5) is 11.7. The lowest BCUT2D eigenvalue weighted by molar-refractivity contribution is 0.749. The van der Waals surface area contributed by atoms with E-state index in [-0.39, 0.29) is 0 Å². The Morgan fingerprint density at radius 3 is 2.73 bits per heavy atom. The van der Waals surface area contributed by atoms with Crippen molar-refractivity contribution < 1.29 is 0 Å². The third-order valence-corrected chi connectivity index (χ3v) is 4.83. The molecule has 0 fully saturated rings. The molecular formula is C21H21ClN4. The molecule has 0 bridgehead atoms. The number of aryl methyl sites for hydroxylation is 2. The number of fused-ring (bicyclic) bond motifs is 1. The number of nitrogens with zero attached hydrogens (tertiary/aromatic N) is 3. The van der Waals surface area contributed by atoms with Gasteiger partial charge in [-0.05, 0) is 49.1 Å². The van der Waals surface area contributed by atoms with E-state index in [4.69, 9.17) is 16.6 Å². The topological polar surface area (TPSA) is 41.1 Å². The SMILES string of the molecule is Cc1cc(NCc2ccc(Cl)cc2)nc(N2CCCc3ccccc32)n1. The van der Waals surface area contributed by atoms with Crippen LogP contribution in [0.15, 0.2) is 54.6 Å².